The molecule has 0 unspecified atom stereocenters. The number of aromatic nitrogens is 2. The van der Waals surface area contributed by atoms with Crippen LogP contribution in [0.25, 0.3) is 0 Å². The maximum atomic E-state index is 6.52. The van der Waals surface area contributed by atoms with E-state index in [1.54, 1.807) is 0 Å². The predicted molar refractivity (Wildman–Crippen MR) is 80.8 cm³/mol. The van der Waals surface area contributed by atoms with Gasteiger partial charge in [-0.15, -0.1) is 12.4 Å². The Bertz CT molecular complexity index is 407. The minimum Gasteiger partial charge on any atom is -0.339 e. The molecule has 0 aliphatic heterocycles. The molecule has 2 aliphatic carbocycles. The molecule has 0 aromatic carbocycles. The fourth-order valence-electron chi connectivity index (χ4n) is 3.58. The molecule has 2 aliphatic rings. The fourth-order valence-corrected chi connectivity index (χ4v) is 3.58. The van der Waals surface area contributed by atoms with Crippen molar-refractivity contribution < 1.29 is 4.52 Å². The summed E-state index contributed by atoms with van der Waals surface area (Å²) in [7, 11) is 0. The van der Waals surface area contributed by atoms with Crippen LogP contribution in [0.4, 0.5) is 0 Å². The Morgan fingerprint density at radius 1 is 1.05 bits per heavy atom. The van der Waals surface area contributed by atoms with E-state index in [-0.39, 0.29) is 17.9 Å². The van der Waals surface area contributed by atoms with Gasteiger partial charge in [-0.25, -0.2) is 0 Å². The molecule has 4 nitrogen and oxygen atoms in total. The van der Waals surface area contributed by atoms with Gasteiger partial charge in [-0.3, -0.25) is 0 Å². The van der Waals surface area contributed by atoms with Crippen LogP contribution in [0.5, 0.6) is 0 Å². The highest BCUT2D eigenvalue weighted by Crippen LogP contribution is 2.33. The highest BCUT2D eigenvalue weighted by molar-refractivity contribution is 5.85. The molecule has 1 aromatic heterocycles. The maximum Gasteiger partial charge on any atom is 0.226 e. The van der Waals surface area contributed by atoms with Crippen molar-refractivity contribution in [1.82, 2.24) is 10.1 Å². The Balaban J connectivity index is 0.00000147. The topological polar surface area (TPSA) is 64.9 Å². The quantitative estimate of drug-likeness (QED) is 0.864. The average Bonchev–Trinajstić information content (AvgIpc) is 3.02. The summed E-state index contributed by atoms with van der Waals surface area (Å²) >= 11 is 0. The van der Waals surface area contributed by atoms with Gasteiger partial charge in [0.1, 0.15) is 0 Å². The zero-order valence-electron chi connectivity index (χ0n) is 12.1. The molecule has 114 valence electrons. The van der Waals surface area contributed by atoms with E-state index in [9.17, 15) is 0 Å². The summed E-state index contributed by atoms with van der Waals surface area (Å²) in [4.78, 5) is 4.61. The Hall–Kier alpha value is -0.610. The number of nitrogens with two attached hydrogens (primary N) is 1. The lowest BCUT2D eigenvalue weighted by Crippen LogP contribution is -2.37. The third kappa shape index (κ3) is 3.53. The largest absolute Gasteiger partial charge is 0.339 e. The first-order chi connectivity index (χ1) is 9.26. The smallest absolute Gasteiger partial charge is 0.226 e. The van der Waals surface area contributed by atoms with Crippen LogP contribution in [0.2, 0.25) is 0 Å². The number of hydrogen-bond donors (Lipinski definition) is 1. The summed E-state index contributed by atoms with van der Waals surface area (Å²) in [6.07, 6.45) is 13.2. The lowest BCUT2D eigenvalue weighted by Gasteiger charge is -2.23. The number of hydrogen-bond acceptors (Lipinski definition) is 4. The lowest BCUT2D eigenvalue weighted by molar-refractivity contribution is 0.318. The van der Waals surface area contributed by atoms with E-state index >= 15 is 0 Å². The molecule has 0 bridgehead atoms. The van der Waals surface area contributed by atoms with Crippen LogP contribution in [0.15, 0.2) is 4.52 Å². The Morgan fingerprint density at radius 3 is 2.35 bits per heavy atom. The van der Waals surface area contributed by atoms with E-state index in [4.69, 9.17) is 10.3 Å². The average molecular weight is 300 g/mol. The van der Waals surface area contributed by atoms with Gasteiger partial charge in [-0.2, -0.15) is 4.98 Å². The molecule has 0 radical (unpaired) electrons. The van der Waals surface area contributed by atoms with Crippen molar-refractivity contribution in [3.05, 3.63) is 11.7 Å². The molecular weight excluding hydrogens is 274 g/mol. The molecule has 0 amide bonds. The van der Waals surface area contributed by atoms with E-state index in [0.29, 0.717) is 0 Å². The maximum absolute atomic E-state index is 6.52. The summed E-state index contributed by atoms with van der Waals surface area (Å²) in [5, 5.41) is 4.18. The van der Waals surface area contributed by atoms with Gasteiger partial charge >= 0.3 is 0 Å². The molecule has 5 heteroatoms. The van der Waals surface area contributed by atoms with Crippen LogP contribution in [0.1, 0.15) is 75.9 Å². The minimum atomic E-state index is -0.339. The molecule has 2 fully saturated rings. The SMILES string of the molecule is Cl.NC1(c2noc(CC3CCCC3)n2)CCCCCC1. The second-order valence-electron chi connectivity index (χ2n) is 6.44. The van der Waals surface area contributed by atoms with Crippen molar-refractivity contribution in [2.45, 2.75) is 76.2 Å². The molecule has 2 saturated carbocycles. The fraction of sp³-hybridized carbons (Fsp3) is 0.867. The van der Waals surface area contributed by atoms with E-state index < -0.39 is 0 Å². The Morgan fingerprint density at radius 2 is 1.70 bits per heavy atom. The number of halogens is 1. The Labute approximate surface area is 127 Å². The highest BCUT2D eigenvalue weighted by atomic mass is 35.5. The van der Waals surface area contributed by atoms with E-state index in [1.165, 1.54) is 51.4 Å². The van der Waals surface area contributed by atoms with E-state index in [2.05, 4.69) is 10.1 Å². The summed E-state index contributed by atoms with van der Waals surface area (Å²) in [5.74, 6) is 2.30. The molecule has 1 aromatic rings. The van der Waals surface area contributed by atoms with Crippen LogP contribution < -0.4 is 5.73 Å². The van der Waals surface area contributed by atoms with Crippen LogP contribution in [0.3, 0.4) is 0 Å². The molecule has 20 heavy (non-hydrogen) atoms. The van der Waals surface area contributed by atoms with Crippen molar-refractivity contribution in [3.8, 4) is 0 Å². The second kappa shape index (κ2) is 6.90. The van der Waals surface area contributed by atoms with Gasteiger partial charge < -0.3 is 10.3 Å². The third-order valence-corrected chi connectivity index (χ3v) is 4.85. The summed E-state index contributed by atoms with van der Waals surface area (Å²) < 4.78 is 5.44. The predicted octanol–water partition coefficient (Wildman–Crippen LogP) is 3.73. The number of rotatable bonds is 3. The highest BCUT2D eigenvalue weighted by Gasteiger charge is 2.33. The second-order valence-corrected chi connectivity index (χ2v) is 6.44. The van der Waals surface area contributed by atoms with Gasteiger partial charge in [0.25, 0.3) is 0 Å². The van der Waals surface area contributed by atoms with Crippen molar-refractivity contribution in [1.29, 1.82) is 0 Å². The zero-order chi connectivity index (χ0) is 13.1. The van der Waals surface area contributed by atoms with Crippen molar-refractivity contribution >= 4 is 12.4 Å². The van der Waals surface area contributed by atoms with Crippen molar-refractivity contribution in [2.24, 2.45) is 11.7 Å². The summed E-state index contributed by atoms with van der Waals surface area (Å²) in [5.41, 5.74) is 6.18. The monoisotopic (exact) mass is 299 g/mol. The molecule has 1 heterocycles. The summed E-state index contributed by atoms with van der Waals surface area (Å²) in [6.45, 7) is 0. The molecule has 0 saturated heterocycles. The molecule has 0 atom stereocenters. The Kier molecular flexibility index (Phi) is 5.44. The van der Waals surface area contributed by atoms with Crippen LogP contribution >= 0.6 is 12.4 Å². The van der Waals surface area contributed by atoms with E-state index in [0.717, 1.165) is 36.9 Å². The number of nitrogens with zero attached hydrogens (tertiary/aromatic N) is 2. The minimum absolute atomic E-state index is 0. The molecular formula is C15H26ClN3O. The molecule has 0 spiro atoms. The standard InChI is InChI=1S/C15H25N3O.ClH/c16-15(9-5-1-2-6-10-15)14-17-13(19-18-14)11-12-7-3-4-8-12;/h12H,1-11,16H2;1H. The van der Waals surface area contributed by atoms with E-state index in [1.807, 2.05) is 0 Å². The van der Waals surface area contributed by atoms with Gasteiger partial charge in [0.05, 0.1) is 5.54 Å². The normalized spacial score (nSPS) is 23.2. The van der Waals surface area contributed by atoms with Gasteiger partial charge in [0.2, 0.25) is 5.89 Å². The van der Waals surface area contributed by atoms with Gasteiger partial charge in [0.15, 0.2) is 5.82 Å². The third-order valence-electron chi connectivity index (χ3n) is 4.85. The molecule has 3 rings (SSSR count). The first-order valence-electron chi connectivity index (χ1n) is 7.88. The zero-order valence-corrected chi connectivity index (χ0v) is 13.0. The van der Waals surface area contributed by atoms with Gasteiger partial charge in [0, 0.05) is 6.42 Å². The first kappa shape index (κ1) is 15.8. The van der Waals surface area contributed by atoms with Crippen LogP contribution in [-0.2, 0) is 12.0 Å². The van der Waals surface area contributed by atoms with Crippen LogP contribution in [0, 0.1) is 5.92 Å². The lowest BCUT2D eigenvalue weighted by atomic mass is 9.91. The van der Waals surface area contributed by atoms with Crippen LogP contribution in [-0.4, -0.2) is 10.1 Å². The first-order valence-corrected chi connectivity index (χ1v) is 7.88. The van der Waals surface area contributed by atoms with Crippen molar-refractivity contribution in [3.63, 3.8) is 0 Å². The molecule has 2 N–H and O–H groups in total. The van der Waals surface area contributed by atoms with Gasteiger partial charge in [-0.1, -0.05) is 43.7 Å². The van der Waals surface area contributed by atoms with Gasteiger partial charge in [-0.05, 0) is 31.6 Å². The van der Waals surface area contributed by atoms with Crippen molar-refractivity contribution in [2.75, 3.05) is 0 Å². The summed E-state index contributed by atoms with van der Waals surface area (Å²) in [6, 6.07) is 0.